The van der Waals surface area contributed by atoms with Gasteiger partial charge in [-0.2, -0.15) is 0 Å². The fraction of sp³-hybridized carbons (Fsp3) is 1.00. The van der Waals surface area contributed by atoms with Crippen LogP contribution < -0.4 is 0 Å². The van der Waals surface area contributed by atoms with E-state index in [2.05, 4.69) is 59.1 Å². The van der Waals surface area contributed by atoms with Crippen LogP contribution in [-0.2, 0) is 0 Å². The topological polar surface area (TPSA) is 117 Å². The average molecular weight is 1140 g/mol. The molecule has 0 aromatic carbocycles. The Labute approximate surface area is 500 Å². The number of aliphatic hydroxyl groups is 5. The largest absolute Gasteiger partial charge is 0.392 e. The summed E-state index contributed by atoms with van der Waals surface area (Å²) in [6, 6.07) is 0. The van der Waals surface area contributed by atoms with Crippen molar-refractivity contribution in [3.63, 3.8) is 0 Å². The molecule has 1 aliphatic rings. The van der Waals surface area contributed by atoms with Crippen molar-refractivity contribution in [2.24, 2.45) is 0 Å². The number of rotatable bonds is 64. The minimum atomic E-state index is -0.406. The molecule has 1 saturated heterocycles. The first-order chi connectivity index (χ1) is 39.1. The molecule has 0 saturated carbocycles. The predicted octanol–water partition coefficient (Wildman–Crippen LogP) is 16.0. The maximum atomic E-state index is 11.7. The van der Waals surface area contributed by atoms with Gasteiger partial charge in [0, 0.05) is 98.2 Å². The average Bonchev–Trinajstić information content (AvgIpc) is 3.44. The van der Waals surface area contributed by atoms with E-state index in [1.807, 2.05) is 0 Å². The number of β-amino-alcohol motifs (C(OH)–C–C–N with tert-alkyl or cyclic N) is 1. The summed E-state index contributed by atoms with van der Waals surface area (Å²) in [6.07, 6.45) is 53.2. The third kappa shape index (κ3) is 50.9. The fourth-order valence-electron chi connectivity index (χ4n) is 12.4. The maximum absolute atomic E-state index is 11.7. The zero-order valence-electron chi connectivity index (χ0n) is 54.8. The molecule has 0 spiro atoms. The van der Waals surface area contributed by atoms with E-state index < -0.39 is 12.2 Å². The predicted molar refractivity (Wildman–Crippen MR) is 348 cm³/mol. The van der Waals surface area contributed by atoms with Gasteiger partial charge in [0.05, 0.1) is 30.5 Å². The molecular formula is C70H145N5O5. The van der Waals surface area contributed by atoms with Gasteiger partial charge < -0.3 is 25.5 Å². The Hall–Kier alpha value is -0.400. The van der Waals surface area contributed by atoms with Crippen molar-refractivity contribution in [1.29, 1.82) is 0 Å². The number of aliphatic hydroxyl groups excluding tert-OH is 5. The summed E-state index contributed by atoms with van der Waals surface area (Å²) in [7, 11) is 0. The first-order valence-corrected chi connectivity index (χ1v) is 36.2. The third-order valence-electron chi connectivity index (χ3n) is 18.0. The maximum Gasteiger partial charge on any atom is 0.0667 e. The van der Waals surface area contributed by atoms with Crippen LogP contribution >= 0.6 is 0 Å². The highest BCUT2D eigenvalue weighted by molar-refractivity contribution is 4.79. The second-order valence-electron chi connectivity index (χ2n) is 26.1. The lowest BCUT2D eigenvalue weighted by molar-refractivity contribution is 0.0417. The third-order valence-corrected chi connectivity index (χ3v) is 18.0. The van der Waals surface area contributed by atoms with Gasteiger partial charge in [0.2, 0.25) is 0 Å². The molecule has 480 valence electrons. The number of nitrogens with zero attached hydrogens (tertiary/aromatic N) is 5. The smallest absolute Gasteiger partial charge is 0.0667 e. The summed E-state index contributed by atoms with van der Waals surface area (Å²) in [6.45, 7) is 23.8. The van der Waals surface area contributed by atoms with Crippen LogP contribution in [-0.4, -0.2) is 179 Å². The van der Waals surface area contributed by atoms with E-state index in [-0.39, 0.29) is 18.3 Å². The van der Waals surface area contributed by atoms with Crippen molar-refractivity contribution < 1.29 is 25.5 Å². The van der Waals surface area contributed by atoms with Crippen LogP contribution in [0.2, 0.25) is 0 Å². The van der Waals surface area contributed by atoms with Crippen molar-refractivity contribution in [2.45, 2.75) is 354 Å². The quantitative estimate of drug-likeness (QED) is 0.0377. The standard InChI is InChI=1S/C70H145N5O5/c1-6-11-16-21-26-31-36-41-46-66(76)61-72-54-51-71(52-55-72)53-56-73(62-67(77)47-42-37-32-27-22-17-12-7-2)57-58-74(63-68(78)48-43-38-33-28-23-18-13-8-3)59-60-75(64-69(79)49-44-39-34-29-24-19-14-9-4)65-70(80)50-45-40-35-30-25-20-15-10-5/h66-70,76-80H,6-65H2,1-5H3. The Kier molecular flexibility index (Phi) is 57.2. The first kappa shape index (κ1) is 77.6. The SMILES string of the molecule is CCCCCCCCCCC(O)CN1CCN(CCN(CCN(CCN(CC(O)CCCCCCCCCC)CC(O)CCCCCCCCCC)CC(O)CCCCCCCCCC)CC(O)CCCCCCCCCC)CC1. The van der Waals surface area contributed by atoms with Crippen molar-refractivity contribution in [1.82, 2.24) is 24.5 Å². The van der Waals surface area contributed by atoms with Crippen LogP contribution in [0.4, 0.5) is 0 Å². The number of hydrogen-bond acceptors (Lipinski definition) is 10. The lowest BCUT2D eigenvalue weighted by atomic mass is 10.0. The zero-order valence-corrected chi connectivity index (χ0v) is 54.8. The van der Waals surface area contributed by atoms with Gasteiger partial charge in [0.1, 0.15) is 0 Å². The molecular weight excluding hydrogens is 991 g/mol. The normalized spacial score (nSPS) is 15.7. The van der Waals surface area contributed by atoms with E-state index in [0.29, 0.717) is 26.2 Å². The minimum Gasteiger partial charge on any atom is -0.392 e. The first-order valence-electron chi connectivity index (χ1n) is 36.2. The molecule has 10 nitrogen and oxygen atoms in total. The van der Waals surface area contributed by atoms with Crippen LogP contribution in [0.3, 0.4) is 0 Å². The molecule has 5 atom stereocenters. The summed E-state index contributed by atoms with van der Waals surface area (Å²) in [5.74, 6) is 0. The highest BCUT2D eigenvalue weighted by Crippen LogP contribution is 2.18. The van der Waals surface area contributed by atoms with E-state index in [1.54, 1.807) is 0 Å². The number of hydrogen-bond donors (Lipinski definition) is 5. The van der Waals surface area contributed by atoms with Crippen molar-refractivity contribution in [3.8, 4) is 0 Å². The van der Waals surface area contributed by atoms with Crippen LogP contribution in [0.5, 0.6) is 0 Å². The zero-order chi connectivity index (χ0) is 58.2. The Morgan fingerprint density at radius 3 is 0.750 bits per heavy atom. The van der Waals surface area contributed by atoms with Crippen molar-refractivity contribution in [2.75, 3.05) is 98.2 Å². The minimum absolute atomic E-state index is 0.233. The molecule has 10 heteroatoms. The van der Waals surface area contributed by atoms with Crippen LogP contribution in [0.1, 0.15) is 324 Å². The number of piperazine rings is 1. The molecule has 5 unspecified atom stereocenters. The Morgan fingerprint density at radius 2 is 0.463 bits per heavy atom. The van der Waals surface area contributed by atoms with E-state index in [1.165, 1.54) is 225 Å². The molecule has 1 fully saturated rings. The van der Waals surface area contributed by atoms with Gasteiger partial charge in [-0.05, 0) is 32.1 Å². The van der Waals surface area contributed by atoms with Crippen LogP contribution in [0.25, 0.3) is 0 Å². The highest BCUT2D eigenvalue weighted by atomic mass is 16.3. The molecule has 0 aromatic heterocycles. The molecule has 1 heterocycles. The molecule has 1 aliphatic heterocycles. The van der Waals surface area contributed by atoms with Crippen LogP contribution in [0.15, 0.2) is 0 Å². The van der Waals surface area contributed by atoms with E-state index in [9.17, 15) is 25.5 Å². The summed E-state index contributed by atoms with van der Waals surface area (Å²) in [5, 5.41) is 57.3. The van der Waals surface area contributed by atoms with Gasteiger partial charge in [0.15, 0.2) is 0 Å². The van der Waals surface area contributed by atoms with Gasteiger partial charge in [0.25, 0.3) is 0 Å². The Bertz CT molecular complexity index is 1190. The fourth-order valence-corrected chi connectivity index (χ4v) is 12.4. The van der Waals surface area contributed by atoms with Gasteiger partial charge in [-0.25, -0.2) is 0 Å². The second kappa shape index (κ2) is 59.0. The highest BCUT2D eigenvalue weighted by Gasteiger charge is 2.23. The monoisotopic (exact) mass is 1140 g/mol. The van der Waals surface area contributed by atoms with Gasteiger partial charge >= 0.3 is 0 Å². The molecule has 80 heavy (non-hydrogen) atoms. The van der Waals surface area contributed by atoms with Gasteiger partial charge in [-0.1, -0.05) is 291 Å². The molecule has 1 rings (SSSR count). The van der Waals surface area contributed by atoms with E-state index in [4.69, 9.17) is 0 Å². The van der Waals surface area contributed by atoms with Crippen molar-refractivity contribution in [3.05, 3.63) is 0 Å². The number of unbranched alkanes of at least 4 members (excludes halogenated alkanes) is 35. The molecule has 0 radical (unpaired) electrons. The Balaban J connectivity index is 3.11. The second-order valence-corrected chi connectivity index (χ2v) is 26.1. The lowest BCUT2D eigenvalue weighted by Gasteiger charge is -2.37. The summed E-state index contributed by atoms with van der Waals surface area (Å²) < 4.78 is 0. The molecule has 0 aliphatic carbocycles. The lowest BCUT2D eigenvalue weighted by Crippen LogP contribution is -2.51. The van der Waals surface area contributed by atoms with E-state index >= 15 is 0 Å². The van der Waals surface area contributed by atoms with Crippen LogP contribution in [0, 0.1) is 0 Å². The Morgan fingerprint density at radius 1 is 0.250 bits per heavy atom. The summed E-state index contributed by atoms with van der Waals surface area (Å²) in [5.41, 5.74) is 0. The summed E-state index contributed by atoms with van der Waals surface area (Å²) in [4.78, 5) is 12.4. The molecule has 0 amide bonds. The molecule has 0 bridgehead atoms. The van der Waals surface area contributed by atoms with Gasteiger partial charge in [-0.15, -0.1) is 0 Å². The van der Waals surface area contributed by atoms with E-state index in [0.717, 1.165) is 136 Å². The summed E-state index contributed by atoms with van der Waals surface area (Å²) >= 11 is 0. The van der Waals surface area contributed by atoms with Gasteiger partial charge in [-0.3, -0.25) is 24.5 Å². The molecule has 0 aromatic rings. The molecule has 5 N–H and O–H groups in total. The van der Waals surface area contributed by atoms with Crippen molar-refractivity contribution >= 4 is 0 Å².